The van der Waals surface area contributed by atoms with Gasteiger partial charge in [0.15, 0.2) is 5.78 Å². The Morgan fingerprint density at radius 3 is 2.40 bits per heavy atom. The van der Waals surface area contributed by atoms with Crippen molar-refractivity contribution in [3.05, 3.63) is 33.7 Å². The predicted molar refractivity (Wildman–Crippen MR) is 50.2 cm³/mol. The van der Waals surface area contributed by atoms with Crippen LogP contribution in [0.1, 0.15) is 16.1 Å². The lowest BCUT2D eigenvalue weighted by Gasteiger charge is -2.06. The van der Waals surface area contributed by atoms with Gasteiger partial charge in [-0.05, 0) is 12.1 Å². The molecule has 82 valence electrons. The second-order valence-electron chi connectivity index (χ2n) is 2.67. The van der Waals surface area contributed by atoms with Gasteiger partial charge in [-0.2, -0.15) is 13.2 Å². The Hall–Kier alpha value is -1.11. The molecule has 0 unspecified atom stereocenters. The Bertz CT molecular complexity index is 438. The standard InChI is InChI=1S/C8H5BrF3NO2/c9-3-5(14)4-1-2-6(8(10,11)12)13-7(4)15/h1-2H,3H2,(H,13,15). The van der Waals surface area contributed by atoms with Gasteiger partial charge in [0.25, 0.3) is 5.56 Å². The highest BCUT2D eigenvalue weighted by Gasteiger charge is 2.32. The highest BCUT2D eigenvalue weighted by Crippen LogP contribution is 2.26. The molecule has 3 nitrogen and oxygen atoms in total. The molecule has 7 heteroatoms. The van der Waals surface area contributed by atoms with Crippen molar-refractivity contribution in [2.45, 2.75) is 6.18 Å². The van der Waals surface area contributed by atoms with E-state index in [0.717, 1.165) is 6.07 Å². The molecule has 0 amide bonds. The third-order valence-electron chi connectivity index (χ3n) is 1.64. The van der Waals surface area contributed by atoms with Crippen LogP contribution in [0, 0.1) is 0 Å². The minimum absolute atomic E-state index is 0.110. The Labute approximate surface area is 90.4 Å². The van der Waals surface area contributed by atoms with Crippen LogP contribution in [0.15, 0.2) is 16.9 Å². The molecule has 0 radical (unpaired) electrons. The first-order valence-corrected chi connectivity index (χ1v) is 4.88. The minimum atomic E-state index is -4.62. The summed E-state index contributed by atoms with van der Waals surface area (Å²) in [6.45, 7) is 0. The van der Waals surface area contributed by atoms with Gasteiger partial charge in [0.05, 0.1) is 10.9 Å². The van der Waals surface area contributed by atoms with Crippen LogP contribution in [-0.4, -0.2) is 16.1 Å². The molecule has 0 spiro atoms. The summed E-state index contributed by atoms with van der Waals surface area (Å²) in [4.78, 5) is 23.7. The van der Waals surface area contributed by atoms with Gasteiger partial charge in [-0.25, -0.2) is 0 Å². The van der Waals surface area contributed by atoms with Crippen molar-refractivity contribution in [2.75, 3.05) is 5.33 Å². The number of H-pyrrole nitrogens is 1. The average molecular weight is 284 g/mol. The first-order chi connectivity index (χ1) is 6.86. The van der Waals surface area contributed by atoms with Crippen LogP contribution in [0.2, 0.25) is 0 Å². The molecule has 0 aliphatic carbocycles. The maximum Gasteiger partial charge on any atom is 0.431 e. The second kappa shape index (κ2) is 4.18. The van der Waals surface area contributed by atoms with Crippen molar-refractivity contribution >= 4 is 21.7 Å². The molecule has 0 bridgehead atoms. The van der Waals surface area contributed by atoms with Crippen molar-refractivity contribution in [1.82, 2.24) is 4.98 Å². The molecule has 0 fully saturated rings. The molecular weight excluding hydrogens is 279 g/mol. The van der Waals surface area contributed by atoms with E-state index in [-0.39, 0.29) is 10.9 Å². The maximum absolute atomic E-state index is 12.1. The number of aromatic amines is 1. The summed E-state index contributed by atoms with van der Waals surface area (Å²) in [7, 11) is 0. The summed E-state index contributed by atoms with van der Waals surface area (Å²) in [6, 6.07) is 1.53. The SMILES string of the molecule is O=C(CBr)c1ccc(C(F)(F)F)[nH]c1=O. The predicted octanol–water partition coefficient (Wildman–Crippen LogP) is 1.97. The number of hydrogen-bond acceptors (Lipinski definition) is 2. The van der Waals surface area contributed by atoms with Crippen LogP contribution in [0.25, 0.3) is 0 Å². The summed E-state index contributed by atoms with van der Waals surface area (Å²) in [5, 5.41) is -0.110. The van der Waals surface area contributed by atoms with Crippen molar-refractivity contribution in [3.63, 3.8) is 0 Å². The van der Waals surface area contributed by atoms with Crippen molar-refractivity contribution < 1.29 is 18.0 Å². The Balaban J connectivity index is 3.21. The molecule has 0 aromatic carbocycles. The molecule has 1 heterocycles. The van der Waals surface area contributed by atoms with Crippen LogP contribution in [0.3, 0.4) is 0 Å². The zero-order valence-electron chi connectivity index (χ0n) is 7.19. The average Bonchev–Trinajstić information content (AvgIpc) is 2.15. The van der Waals surface area contributed by atoms with Crippen molar-refractivity contribution in [2.24, 2.45) is 0 Å². The van der Waals surface area contributed by atoms with Gasteiger partial charge in [-0.3, -0.25) is 9.59 Å². The molecule has 0 saturated carbocycles. The number of nitrogens with one attached hydrogen (secondary N) is 1. The maximum atomic E-state index is 12.1. The number of halogens is 4. The van der Waals surface area contributed by atoms with E-state index in [1.807, 2.05) is 0 Å². The Morgan fingerprint density at radius 1 is 1.40 bits per heavy atom. The van der Waals surface area contributed by atoms with Crippen LogP contribution < -0.4 is 5.56 Å². The quantitative estimate of drug-likeness (QED) is 0.666. The highest BCUT2D eigenvalue weighted by atomic mass is 79.9. The molecule has 1 aromatic rings. The van der Waals surface area contributed by atoms with E-state index in [1.165, 1.54) is 0 Å². The Morgan fingerprint density at radius 2 is 2.00 bits per heavy atom. The lowest BCUT2D eigenvalue weighted by Crippen LogP contribution is -2.22. The number of pyridine rings is 1. The third kappa shape index (κ3) is 2.68. The Kier molecular flexibility index (Phi) is 3.33. The largest absolute Gasteiger partial charge is 0.431 e. The number of ketones is 1. The monoisotopic (exact) mass is 283 g/mol. The van der Waals surface area contributed by atoms with E-state index in [4.69, 9.17) is 0 Å². The molecule has 15 heavy (non-hydrogen) atoms. The molecular formula is C8H5BrF3NO2. The van der Waals surface area contributed by atoms with Crippen LogP contribution in [0.4, 0.5) is 13.2 Å². The van der Waals surface area contributed by atoms with Crippen LogP contribution in [0.5, 0.6) is 0 Å². The summed E-state index contributed by atoms with van der Waals surface area (Å²) in [5.41, 5.74) is -2.49. The molecule has 0 aliphatic rings. The van der Waals surface area contributed by atoms with Gasteiger partial charge < -0.3 is 4.98 Å². The lowest BCUT2D eigenvalue weighted by atomic mass is 10.2. The number of alkyl halides is 4. The van der Waals surface area contributed by atoms with E-state index in [9.17, 15) is 22.8 Å². The van der Waals surface area contributed by atoms with Gasteiger partial charge in [0, 0.05) is 0 Å². The second-order valence-corrected chi connectivity index (χ2v) is 3.23. The van der Waals surface area contributed by atoms with Gasteiger partial charge in [0.2, 0.25) is 0 Å². The molecule has 0 aliphatic heterocycles. The number of hydrogen-bond donors (Lipinski definition) is 1. The first kappa shape index (κ1) is 12.0. The third-order valence-corrected chi connectivity index (χ3v) is 2.15. The molecule has 0 atom stereocenters. The minimum Gasteiger partial charge on any atom is -0.318 e. The molecule has 0 saturated heterocycles. The van der Waals surface area contributed by atoms with E-state index < -0.39 is 23.2 Å². The van der Waals surface area contributed by atoms with Crippen LogP contribution >= 0.6 is 15.9 Å². The summed E-state index contributed by atoms with van der Waals surface area (Å²) >= 11 is 2.82. The number of rotatable bonds is 2. The van der Waals surface area contributed by atoms with E-state index in [1.54, 1.807) is 4.98 Å². The number of Topliss-reactive ketones (excluding diaryl/α,β-unsaturated/α-hetero) is 1. The smallest absolute Gasteiger partial charge is 0.318 e. The number of carbonyl (C=O) groups is 1. The fourth-order valence-corrected chi connectivity index (χ4v) is 1.23. The van der Waals surface area contributed by atoms with Gasteiger partial charge in [-0.15, -0.1) is 0 Å². The molecule has 1 N–H and O–H groups in total. The fraction of sp³-hybridized carbons (Fsp3) is 0.250. The summed E-state index contributed by atoms with van der Waals surface area (Å²) in [6.07, 6.45) is -4.62. The first-order valence-electron chi connectivity index (χ1n) is 3.76. The van der Waals surface area contributed by atoms with Crippen LogP contribution in [-0.2, 0) is 6.18 Å². The van der Waals surface area contributed by atoms with Gasteiger partial charge in [0.1, 0.15) is 5.69 Å². The summed E-state index contributed by atoms with van der Waals surface area (Å²) in [5.74, 6) is -0.565. The van der Waals surface area contributed by atoms with E-state index in [2.05, 4.69) is 15.9 Å². The fourth-order valence-electron chi connectivity index (χ4n) is 0.931. The van der Waals surface area contributed by atoms with Crippen molar-refractivity contribution in [1.29, 1.82) is 0 Å². The topological polar surface area (TPSA) is 49.9 Å². The zero-order valence-corrected chi connectivity index (χ0v) is 8.78. The van der Waals surface area contributed by atoms with Gasteiger partial charge in [-0.1, -0.05) is 15.9 Å². The molecule has 1 rings (SSSR count). The highest BCUT2D eigenvalue weighted by molar-refractivity contribution is 9.09. The summed E-state index contributed by atoms with van der Waals surface area (Å²) < 4.78 is 36.4. The normalized spacial score (nSPS) is 11.5. The van der Waals surface area contributed by atoms with E-state index >= 15 is 0 Å². The lowest BCUT2D eigenvalue weighted by molar-refractivity contribution is -0.141. The zero-order chi connectivity index (χ0) is 11.6. The molecule has 1 aromatic heterocycles. The number of aromatic nitrogens is 1. The van der Waals surface area contributed by atoms with Gasteiger partial charge >= 0.3 is 6.18 Å². The van der Waals surface area contributed by atoms with Crippen molar-refractivity contribution in [3.8, 4) is 0 Å². The van der Waals surface area contributed by atoms with E-state index in [0.29, 0.717) is 6.07 Å². The number of carbonyl (C=O) groups excluding carboxylic acids is 1.